The van der Waals surface area contributed by atoms with Crippen molar-refractivity contribution in [2.24, 2.45) is 5.92 Å². The molecule has 0 aromatic heterocycles. The third-order valence-corrected chi connectivity index (χ3v) is 7.08. The maximum Gasteiger partial charge on any atom is 0.332 e. The van der Waals surface area contributed by atoms with Crippen LogP contribution in [-0.2, 0) is 14.4 Å². The van der Waals surface area contributed by atoms with Crippen molar-refractivity contribution in [2.45, 2.75) is 25.3 Å². The fraction of sp³-hybridized carbons (Fsp3) is 0.385. The predicted octanol–water partition coefficient (Wildman–Crippen LogP) is 2.51. The van der Waals surface area contributed by atoms with E-state index in [4.69, 9.17) is 4.74 Å². The van der Waals surface area contributed by atoms with Crippen molar-refractivity contribution >= 4 is 35.1 Å². The molecule has 0 bridgehead atoms. The Labute approximate surface area is 203 Å². The molecule has 9 heteroatoms. The van der Waals surface area contributed by atoms with E-state index in [2.05, 4.69) is 0 Å². The standard InChI is InChI=1S/C26H28N4O5/c1-35-22-9-7-19(8-10-22)28-16-18(15-23(28)31)25(33)27-13-11-20(12-14-27)29-17-24(32)30(26(29)34)21-5-3-2-4-6-21/h2-10,18,20H,11-17H2,1H3. The minimum atomic E-state index is -0.385. The van der Waals surface area contributed by atoms with Crippen molar-refractivity contribution in [3.05, 3.63) is 54.6 Å². The Morgan fingerprint density at radius 2 is 1.57 bits per heavy atom. The van der Waals surface area contributed by atoms with Crippen LogP contribution in [0.2, 0.25) is 0 Å². The lowest BCUT2D eigenvalue weighted by molar-refractivity contribution is -0.137. The molecule has 0 aliphatic carbocycles. The van der Waals surface area contributed by atoms with Crippen LogP contribution in [0.25, 0.3) is 0 Å². The number of nitrogens with zero attached hydrogens (tertiary/aromatic N) is 4. The van der Waals surface area contributed by atoms with Gasteiger partial charge in [-0.1, -0.05) is 18.2 Å². The summed E-state index contributed by atoms with van der Waals surface area (Å²) in [5.74, 6) is 0.00149. The Balaban J connectivity index is 1.18. The summed E-state index contributed by atoms with van der Waals surface area (Å²) in [6, 6.07) is 15.8. The van der Waals surface area contributed by atoms with Crippen molar-refractivity contribution in [2.75, 3.05) is 43.1 Å². The number of carbonyl (C=O) groups is 4. The fourth-order valence-electron chi connectivity index (χ4n) is 5.18. The van der Waals surface area contributed by atoms with Crippen molar-refractivity contribution in [3.63, 3.8) is 0 Å². The number of urea groups is 1. The minimum absolute atomic E-state index is 0.0254. The van der Waals surface area contributed by atoms with Crippen LogP contribution in [0.15, 0.2) is 54.6 Å². The number of benzene rings is 2. The molecular weight excluding hydrogens is 448 g/mol. The SMILES string of the molecule is COc1ccc(N2CC(C(=O)N3CCC(N4CC(=O)N(c5ccccc5)C4=O)CC3)CC2=O)cc1. The average Bonchev–Trinajstić information content (AvgIpc) is 3.43. The van der Waals surface area contributed by atoms with Crippen molar-refractivity contribution in [1.29, 1.82) is 0 Å². The van der Waals surface area contributed by atoms with Crippen molar-refractivity contribution < 1.29 is 23.9 Å². The fourth-order valence-corrected chi connectivity index (χ4v) is 5.18. The monoisotopic (exact) mass is 476 g/mol. The normalized spacial score (nSPS) is 21.3. The average molecular weight is 477 g/mol. The van der Waals surface area contributed by atoms with Crippen LogP contribution in [0.3, 0.4) is 0 Å². The number of piperidine rings is 1. The number of hydrogen-bond donors (Lipinski definition) is 0. The van der Waals surface area contributed by atoms with Gasteiger partial charge in [0.05, 0.1) is 18.7 Å². The maximum absolute atomic E-state index is 13.2. The number of hydrogen-bond acceptors (Lipinski definition) is 5. The van der Waals surface area contributed by atoms with Gasteiger partial charge in [0.2, 0.25) is 11.8 Å². The number of methoxy groups -OCH3 is 1. The number of imide groups is 1. The van der Waals surface area contributed by atoms with Crippen LogP contribution in [0.4, 0.5) is 16.2 Å². The summed E-state index contributed by atoms with van der Waals surface area (Å²) in [6.07, 6.45) is 1.41. The molecule has 2 aromatic carbocycles. The van der Waals surface area contributed by atoms with Gasteiger partial charge in [-0.3, -0.25) is 14.4 Å². The summed E-state index contributed by atoms with van der Waals surface area (Å²) in [7, 11) is 1.59. The number of amides is 5. The van der Waals surface area contributed by atoms with E-state index in [9.17, 15) is 19.2 Å². The molecule has 0 radical (unpaired) electrons. The molecular formula is C26H28N4O5. The van der Waals surface area contributed by atoms with Gasteiger partial charge in [0, 0.05) is 37.8 Å². The molecule has 0 N–H and O–H groups in total. The van der Waals surface area contributed by atoms with E-state index in [0.717, 1.165) is 5.69 Å². The lowest BCUT2D eigenvalue weighted by Gasteiger charge is -2.37. The van der Waals surface area contributed by atoms with Gasteiger partial charge in [0.25, 0.3) is 5.91 Å². The topological polar surface area (TPSA) is 90.5 Å². The molecule has 0 saturated carbocycles. The first-order valence-corrected chi connectivity index (χ1v) is 11.9. The van der Waals surface area contributed by atoms with E-state index in [1.165, 1.54) is 4.90 Å². The highest BCUT2D eigenvalue weighted by Gasteiger charge is 2.43. The zero-order valence-corrected chi connectivity index (χ0v) is 19.6. The smallest absolute Gasteiger partial charge is 0.332 e. The second-order valence-electron chi connectivity index (χ2n) is 9.14. The lowest BCUT2D eigenvalue weighted by Crippen LogP contribution is -2.49. The molecule has 3 heterocycles. The third-order valence-electron chi connectivity index (χ3n) is 7.08. The molecule has 3 saturated heterocycles. The van der Waals surface area contributed by atoms with Gasteiger partial charge < -0.3 is 19.4 Å². The molecule has 1 unspecified atom stereocenters. The van der Waals surface area contributed by atoms with Gasteiger partial charge in [-0.05, 0) is 49.2 Å². The molecule has 1 atom stereocenters. The highest BCUT2D eigenvalue weighted by atomic mass is 16.5. The Morgan fingerprint density at radius 1 is 0.886 bits per heavy atom. The second-order valence-corrected chi connectivity index (χ2v) is 9.14. The summed E-state index contributed by atoms with van der Waals surface area (Å²) in [5.41, 5.74) is 1.33. The third kappa shape index (κ3) is 4.34. The van der Waals surface area contributed by atoms with Gasteiger partial charge in [-0.15, -0.1) is 0 Å². The highest BCUT2D eigenvalue weighted by molar-refractivity contribution is 6.19. The van der Waals surface area contributed by atoms with Crippen LogP contribution in [0, 0.1) is 5.92 Å². The van der Waals surface area contributed by atoms with E-state index in [0.29, 0.717) is 43.9 Å². The zero-order valence-electron chi connectivity index (χ0n) is 19.6. The van der Waals surface area contributed by atoms with E-state index in [1.54, 1.807) is 58.2 Å². The summed E-state index contributed by atoms with van der Waals surface area (Å²) in [5, 5.41) is 0. The molecule has 0 spiro atoms. The number of carbonyl (C=O) groups excluding carboxylic acids is 4. The minimum Gasteiger partial charge on any atom is -0.497 e. The largest absolute Gasteiger partial charge is 0.497 e. The number of likely N-dealkylation sites (tertiary alicyclic amines) is 1. The molecule has 9 nitrogen and oxygen atoms in total. The Morgan fingerprint density at radius 3 is 2.23 bits per heavy atom. The molecule has 3 fully saturated rings. The number of anilines is 2. The summed E-state index contributed by atoms with van der Waals surface area (Å²) in [4.78, 5) is 57.6. The quantitative estimate of drug-likeness (QED) is 0.619. The van der Waals surface area contributed by atoms with E-state index >= 15 is 0 Å². The number of rotatable bonds is 5. The van der Waals surface area contributed by atoms with E-state index < -0.39 is 0 Å². The van der Waals surface area contributed by atoms with Crippen molar-refractivity contribution in [1.82, 2.24) is 9.80 Å². The summed E-state index contributed by atoms with van der Waals surface area (Å²) >= 11 is 0. The Kier molecular flexibility index (Phi) is 6.15. The maximum atomic E-state index is 13.2. The number of ether oxygens (including phenoxy) is 1. The van der Waals surface area contributed by atoms with Crippen LogP contribution in [0.1, 0.15) is 19.3 Å². The molecule has 5 amide bonds. The van der Waals surface area contributed by atoms with E-state index in [1.807, 2.05) is 18.2 Å². The van der Waals surface area contributed by atoms with E-state index in [-0.39, 0.29) is 48.7 Å². The molecule has 182 valence electrons. The lowest BCUT2D eigenvalue weighted by atomic mass is 10.0. The zero-order chi connectivity index (χ0) is 24.5. The Bertz CT molecular complexity index is 1130. The Hall–Kier alpha value is -3.88. The van der Waals surface area contributed by atoms with Crippen LogP contribution in [-0.4, -0.2) is 72.9 Å². The summed E-state index contributed by atoms with van der Waals surface area (Å²) in [6.45, 7) is 1.41. The van der Waals surface area contributed by atoms with Gasteiger partial charge in [-0.2, -0.15) is 0 Å². The molecule has 2 aromatic rings. The van der Waals surface area contributed by atoms with Gasteiger partial charge in [0.1, 0.15) is 12.3 Å². The van der Waals surface area contributed by atoms with Gasteiger partial charge in [-0.25, -0.2) is 9.69 Å². The molecule has 5 rings (SSSR count). The highest BCUT2D eigenvalue weighted by Crippen LogP contribution is 2.30. The first kappa shape index (κ1) is 22.9. The van der Waals surface area contributed by atoms with Gasteiger partial charge >= 0.3 is 6.03 Å². The first-order chi connectivity index (χ1) is 17.0. The van der Waals surface area contributed by atoms with Crippen molar-refractivity contribution in [3.8, 4) is 5.75 Å². The van der Waals surface area contributed by atoms with Crippen LogP contribution >= 0.6 is 0 Å². The van der Waals surface area contributed by atoms with Crippen LogP contribution in [0.5, 0.6) is 5.75 Å². The summed E-state index contributed by atoms with van der Waals surface area (Å²) < 4.78 is 5.17. The number of para-hydroxylation sites is 1. The second kappa shape index (κ2) is 9.40. The van der Waals surface area contributed by atoms with Crippen LogP contribution < -0.4 is 14.5 Å². The predicted molar refractivity (Wildman–Crippen MR) is 129 cm³/mol. The van der Waals surface area contributed by atoms with Gasteiger partial charge in [0.15, 0.2) is 0 Å². The molecule has 35 heavy (non-hydrogen) atoms. The molecule has 3 aliphatic heterocycles. The first-order valence-electron chi connectivity index (χ1n) is 11.9. The molecule has 3 aliphatic rings.